The predicted molar refractivity (Wildman–Crippen MR) is 109 cm³/mol. The number of amides is 1. The van der Waals surface area contributed by atoms with Crippen LogP contribution >= 0.6 is 11.6 Å². The molecule has 1 amide bonds. The zero-order valence-electron chi connectivity index (χ0n) is 16.0. The van der Waals surface area contributed by atoms with Crippen LogP contribution in [0.2, 0.25) is 5.02 Å². The van der Waals surface area contributed by atoms with Crippen molar-refractivity contribution in [1.29, 1.82) is 0 Å². The van der Waals surface area contributed by atoms with Gasteiger partial charge in [0.15, 0.2) is 0 Å². The van der Waals surface area contributed by atoms with Gasteiger partial charge in [0.25, 0.3) is 0 Å². The number of rotatable bonds is 7. The van der Waals surface area contributed by atoms with Gasteiger partial charge in [-0.3, -0.25) is 4.79 Å². The summed E-state index contributed by atoms with van der Waals surface area (Å²) < 4.78 is 18.5. The molecule has 1 saturated heterocycles. The van der Waals surface area contributed by atoms with Gasteiger partial charge in [-0.05, 0) is 55.2 Å². The summed E-state index contributed by atoms with van der Waals surface area (Å²) in [6.07, 6.45) is 1.79. The van der Waals surface area contributed by atoms with Crippen molar-refractivity contribution in [2.45, 2.75) is 37.8 Å². The molecule has 1 atom stereocenters. The lowest BCUT2D eigenvalue weighted by atomic mass is 9.74. The van der Waals surface area contributed by atoms with E-state index in [1.165, 1.54) is 17.7 Å². The van der Waals surface area contributed by atoms with Crippen molar-refractivity contribution in [3.8, 4) is 0 Å². The van der Waals surface area contributed by atoms with E-state index in [0.29, 0.717) is 31.3 Å². The average Bonchev–Trinajstić information content (AvgIpc) is 2.72. The summed E-state index contributed by atoms with van der Waals surface area (Å²) in [6.45, 7) is 4.32. The second-order valence-electron chi connectivity index (χ2n) is 7.35. The van der Waals surface area contributed by atoms with Gasteiger partial charge < -0.3 is 15.4 Å². The largest absolute Gasteiger partial charge is 0.381 e. The molecule has 1 fully saturated rings. The molecule has 4 nitrogen and oxygen atoms in total. The minimum atomic E-state index is -0.340. The third-order valence-electron chi connectivity index (χ3n) is 5.43. The van der Waals surface area contributed by atoms with Crippen LogP contribution < -0.4 is 10.6 Å². The first-order valence-electron chi connectivity index (χ1n) is 9.58. The van der Waals surface area contributed by atoms with Gasteiger partial charge >= 0.3 is 0 Å². The van der Waals surface area contributed by atoms with Gasteiger partial charge in [-0.2, -0.15) is 0 Å². The molecule has 2 N–H and O–H groups in total. The van der Waals surface area contributed by atoms with Crippen LogP contribution in [0.1, 0.15) is 30.9 Å². The molecule has 0 aromatic heterocycles. The molecule has 1 heterocycles. The molecular weight excluding hydrogens is 379 g/mol. The Hall–Kier alpha value is -1.95. The number of hydrogen-bond donors (Lipinski definition) is 2. The van der Waals surface area contributed by atoms with Crippen molar-refractivity contribution in [3.63, 3.8) is 0 Å². The molecular formula is C22H26ClFN2O2. The van der Waals surface area contributed by atoms with E-state index in [0.717, 1.165) is 18.4 Å². The topological polar surface area (TPSA) is 50.4 Å². The summed E-state index contributed by atoms with van der Waals surface area (Å²) in [5.74, 6) is -0.364. The Labute approximate surface area is 170 Å². The van der Waals surface area contributed by atoms with Gasteiger partial charge in [0.1, 0.15) is 5.82 Å². The van der Waals surface area contributed by atoms with Crippen molar-refractivity contribution in [1.82, 2.24) is 10.6 Å². The highest BCUT2D eigenvalue weighted by Crippen LogP contribution is 2.35. The Balaban J connectivity index is 1.58. The van der Waals surface area contributed by atoms with E-state index in [4.69, 9.17) is 16.3 Å². The Kier molecular flexibility index (Phi) is 7.05. The standard InChI is InChI=1S/C22H26ClFN2O2/c1-16(21(27)25-14-17-2-8-20(24)9-3-17)26-15-22(10-12-28-13-11-22)18-4-6-19(23)7-5-18/h2-9,16,26H,10-15H2,1H3,(H,25,27). The summed E-state index contributed by atoms with van der Waals surface area (Å²) in [6, 6.07) is 13.7. The summed E-state index contributed by atoms with van der Waals surface area (Å²) in [7, 11) is 0. The molecule has 1 unspecified atom stereocenters. The predicted octanol–water partition coefficient (Wildman–Crippen LogP) is 3.82. The van der Waals surface area contributed by atoms with E-state index in [-0.39, 0.29) is 23.2 Å². The molecule has 2 aromatic carbocycles. The lowest BCUT2D eigenvalue weighted by molar-refractivity contribution is -0.123. The number of benzene rings is 2. The molecule has 1 aliphatic heterocycles. The molecule has 28 heavy (non-hydrogen) atoms. The highest BCUT2D eigenvalue weighted by atomic mass is 35.5. The van der Waals surface area contributed by atoms with Gasteiger partial charge in [-0.1, -0.05) is 35.9 Å². The molecule has 0 saturated carbocycles. The molecule has 3 rings (SSSR count). The van der Waals surface area contributed by atoms with Gasteiger partial charge in [-0.25, -0.2) is 4.39 Å². The number of nitrogens with one attached hydrogen (secondary N) is 2. The fourth-order valence-corrected chi connectivity index (χ4v) is 3.64. The molecule has 0 spiro atoms. The quantitative estimate of drug-likeness (QED) is 0.737. The zero-order valence-corrected chi connectivity index (χ0v) is 16.8. The first-order valence-corrected chi connectivity index (χ1v) is 9.96. The van der Waals surface area contributed by atoms with Crippen LogP contribution in [0.3, 0.4) is 0 Å². The lowest BCUT2D eigenvalue weighted by Crippen LogP contribution is -2.49. The number of carbonyl (C=O) groups excluding carboxylic acids is 1. The summed E-state index contributed by atoms with van der Waals surface area (Å²) in [4.78, 5) is 12.5. The molecule has 6 heteroatoms. The summed E-state index contributed by atoms with van der Waals surface area (Å²) in [5, 5.41) is 7.01. The smallest absolute Gasteiger partial charge is 0.237 e. The van der Waals surface area contributed by atoms with Gasteiger partial charge in [0.2, 0.25) is 5.91 Å². The first kappa shape index (κ1) is 20.8. The maximum absolute atomic E-state index is 13.0. The van der Waals surface area contributed by atoms with Crippen molar-refractivity contribution in [3.05, 3.63) is 70.5 Å². The second kappa shape index (κ2) is 9.50. The van der Waals surface area contributed by atoms with Crippen LogP contribution in [0.25, 0.3) is 0 Å². The minimum absolute atomic E-state index is 0.0751. The SMILES string of the molecule is CC(NCC1(c2ccc(Cl)cc2)CCOCC1)C(=O)NCc1ccc(F)cc1. The number of ether oxygens (including phenoxy) is 1. The van der Waals surface area contributed by atoms with Crippen molar-refractivity contribution in [2.24, 2.45) is 0 Å². The summed E-state index contributed by atoms with van der Waals surface area (Å²) in [5.41, 5.74) is 2.00. The maximum atomic E-state index is 13.0. The van der Waals surface area contributed by atoms with Crippen LogP contribution in [0.4, 0.5) is 4.39 Å². The second-order valence-corrected chi connectivity index (χ2v) is 7.78. The van der Waals surface area contributed by atoms with Crippen LogP contribution in [-0.2, 0) is 21.5 Å². The fourth-order valence-electron chi connectivity index (χ4n) is 3.52. The number of carbonyl (C=O) groups is 1. The lowest BCUT2D eigenvalue weighted by Gasteiger charge is -2.38. The third kappa shape index (κ3) is 5.31. The van der Waals surface area contributed by atoms with Crippen LogP contribution in [0.5, 0.6) is 0 Å². The van der Waals surface area contributed by atoms with E-state index >= 15 is 0 Å². The van der Waals surface area contributed by atoms with E-state index in [9.17, 15) is 9.18 Å². The van der Waals surface area contributed by atoms with Crippen LogP contribution in [0, 0.1) is 5.82 Å². The average molecular weight is 405 g/mol. The molecule has 150 valence electrons. The van der Waals surface area contributed by atoms with Gasteiger partial charge in [0.05, 0.1) is 6.04 Å². The maximum Gasteiger partial charge on any atom is 0.237 e. The Morgan fingerprint density at radius 1 is 1.14 bits per heavy atom. The first-order chi connectivity index (χ1) is 13.5. The highest BCUT2D eigenvalue weighted by molar-refractivity contribution is 6.30. The monoisotopic (exact) mass is 404 g/mol. The van der Waals surface area contributed by atoms with E-state index in [2.05, 4.69) is 22.8 Å². The van der Waals surface area contributed by atoms with Gasteiger partial charge in [0, 0.05) is 36.7 Å². The molecule has 2 aromatic rings. The van der Waals surface area contributed by atoms with Crippen molar-refractivity contribution >= 4 is 17.5 Å². The molecule has 0 bridgehead atoms. The van der Waals surface area contributed by atoms with Gasteiger partial charge in [-0.15, -0.1) is 0 Å². The molecule has 0 aliphatic carbocycles. The minimum Gasteiger partial charge on any atom is -0.381 e. The molecule has 1 aliphatic rings. The van der Waals surface area contributed by atoms with Crippen LogP contribution in [-0.4, -0.2) is 31.7 Å². The zero-order chi connectivity index (χ0) is 20.0. The number of hydrogen-bond acceptors (Lipinski definition) is 3. The third-order valence-corrected chi connectivity index (χ3v) is 5.68. The van der Waals surface area contributed by atoms with E-state index < -0.39 is 0 Å². The van der Waals surface area contributed by atoms with Crippen LogP contribution in [0.15, 0.2) is 48.5 Å². The Morgan fingerprint density at radius 3 is 2.43 bits per heavy atom. The highest BCUT2D eigenvalue weighted by Gasteiger charge is 2.35. The summed E-state index contributed by atoms with van der Waals surface area (Å²) >= 11 is 6.04. The normalized spacial score (nSPS) is 17.1. The Bertz CT molecular complexity index is 774. The van der Waals surface area contributed by atoms with E-state index in [1.807, 2.05) is 19.1 Å². The molecule has 0 radical (unpaired) electrons. The fraction of sp³-hybridized carbons (Fsp3) is 0.409. The van der Waals surface area contributed by atoms with Crippen molar-refractivity contribution < 1.29 is 13.9 Å². The Morgan fingerprint density at radius 2 is 1.79 bits per heavy atom. The number of halogens is 2. The van der Waals surface area contributed by atoms with Crippen molar-refractivity contribution in [2.75, 3.05) is 19.8 Å². The van der Waals surface area contributed by atoms with E-state index in [1.54, 1.807) is 12.1 Å².